The van der Waals surface area contributed by atoms with E-state index in [1.54, 1.807) is 0 Å². The second-order valence-corrected chi connectivity index (χ2v) is 10.1. The number of hydrogen-bond donors (Lipinski definition) is 1. The van der Waals surface area contributed by atoms with E-state index in [0.717, 1.165) is 30.6 Å². The number of likely N-dealkylation sites (tertiary alicyclic amines) is 1. The van der Waals surface area contributed by atoms with Crippen molar-refractivity contribution in [2.24, 2.45) is 0 Å². The number of rotatable bonds is 5. The van der Waals surface area contributed by atoms with Crippen molar-refractivity contribution in [1.82, 2.24) is 4.90 Å². The van der Waals surface area contributed by atoms with Gasteiger partial charge in [-0.25, -0.2) is 0 Å². The van der Waals surface area contributed by atoms with E-state index in [-0.39, 0.29) is 24.3 Å². The Labute approximate surface area is 199 Å². The number of thioether (sulfide) groups is 1. The largest absolute Gasteiger partial charge is 0.341 e. The fourth-order valence-electron chi connectivity index (χ4n) is 4.29. The Hall–Kier alpha value is -2.80. The van der Waals surface area contributed by atoms with Crippen molar-refractivity contribution in [3.63, 3.8) is 0 Å². The maximum atomic E-state index is 13.4. The van der Waals surface area contributed by atoms with Gasteiger partial charge < -0.3 is 15.1 Å². The first-order chi connectivity index (χ1) is 15.9. The SMILES string of the molecule is CC(C)c1ccc(NC(=O)CN2C(=O)C(C(=O)N3CCCCCC3)Sc3ccccc32)cc1. The zero-order chi connectivity index (χ0) is 23.4. The topological polar surface area (TPSA) is 69.7 Å². The van der Waals surface area contributed by atoms with Crippen molar-refractivity contribution in [3.8, 4) is 0 Å². The van der Waals surface area contributed by atoms with Crippen LogP contribution >= 0.6 is 11.8 Å². The van der Waals surface area contributed by atoms with Gasteiger partial charge in [-0.3, -0.25) is 14.4 Å². The lowest BCUT2D eigenvalue weighted by Crippen LogP contribution is -2.51. The molecule has 1 unspecified atom stereocenters. The van der Waals surface area contributed by atoms with Crippen molar-refractivity contribution < 1.29 is 14.4 Å². The predicted molar refractivity (Wildman–Crippen MR) is 133 cm³/mol. The summed E-state index contributed by atoms with van der Waals surface area (Å²) in [6.45, 7) is 5.49. The van der Waals surface area contributed by atoms with E-state index in [4.69, 9.17) is 0 Å². The van der Waals surface area contributed by atoms with Gasteiger partial charge in [-0.1, -0.05) is 51.0 Å². The average molecular weight is 466 g/mol. The summed E-state index contributed by atoms with van der Waals surface area (Å²) in [5, 5.41) is 2.04. The highest BCUT2D eigenvalue weighted by atomic mass is 32.2. The second kappa shape index (κ2) is 10.4. The van der Waals surface area contributed by atoms with E-state index in [1.807, 2.05) is 53.4 Å². The summed E-state index contributed by atoms with van der Waals surface area (Å²) in [5.41, 5.74) is 2.56. The molecule has 2 heterocycles. The number of hydrogen-bond acceptors (Lipinski definition) is 4. The van der Waals surface area contributed by atoms with Crippen LogP contribution in [0.25, 0.3) is 0 Å². The Balaban J connectivity index is 1.51. The summed E-state index contributed by atoms with van der Waals surface area (Å²) in [4.78, 5) is 43.7. The Morgan fingerprint density at radius 3 is 2.33 bits per heavy atom. The minimum atomic E-state index is -0.851. The maximum absolute atomic E-state index is 13.4. The first-order valence-electron chi connectivity index (χ1n) is 11.7. The second-order valence-electron chi connectivity index (χ2n) is 8.95. The number of nitrogens with one attached hydrogen (secondary N) is 1. The van der Waals surface area contributed by atoms with E-state index in [9.17, 15) is 14.4 Å². The van der Waals surface area contributed by atoms with Gasteiger partial charge in [0.25, 0.3) is 5.91 Å². The normalized spacial score (nSPS) is 18.6. The highest BCUT2D eigenvalue weighted by Gasteiger charge is 2.40. The molecule has 1 atom stereocenters. The summed E-state index contributed by atoms with van der Waals surface area (Å²) in [5.74, 6) is -0.342. The quantitative estimate of drug-likeness (QED) is 0.652. The fraction of sp³-hybridized carbons (Fsp3) is 0.423. The van der Waals surface area contributed by atoms with E-state index in [2.05, 4.69) is 19.2 Å². The molecule has 1 N–H and O–H groups in total. The molecule has 2 aliphatic heterocycles. The van der Waals surface area contributed by atoms with Crippen LogP contribution in [0, 0.1) is 0 Å². The highest BCUT2D eigenvalue weighted by molar-refractivity contribution is 8.01. The van der Waals surface area contributed by atoms with E-state index in [0.29, 0.717) is 30.4 Å². The summed E-state index contributed by atoms with van der Waals surface area (Å²) >= 11 is 1.30. The highest BCUT2D eigenvalue weighted by Crippen LogP contribution is 2.40. The number of para-hydroxylation sites is 1. The minimum absolute atomic E-state index is 0.133. The van der Waals surface area contributed by atoms with Crippen LogP contribution in [-0.4, -0.2) is 47.5 Å². The van der Waals surface area contributed by atoms with Gasteiger partial charge in [0, 0.05) is 23.7 Å². The Kier molecular flexibility index (Phi) is 7.38. The molecule has 2 aliphatic rings. The molecule has 7 heteroatoms. The van der Waals surface area contributed by atoms with Crippen LogP contribution in [0.1, 0.15) is 51.0 Å². The van der Waals surface area contributed by atoms with Crippen molar-refractivity contribution in [2.75, 3.05) is 29.9 Å². The Morgan fingerprint density at radius 2 is 1.67 bits per heavy atom. The molecule has 2 aromatic carbocycles. The van der Waals surface area contributed by atoms with Crippen LogP contribution in [0.5, 0.6) is 0 Å². The van der Waals surface area contributed by atoms with Crippen LogP contribution in [0.2, 0.25) is 0 Å². The molecule has 0 spiro atoms. The molecule has 174 valence electrons. The average Bonchev–Trinajstić information content (AvgIpc) is 3.10. The minimum Gasteiger partial charge on any atom is -0.341 e. The van der Waals surface area contributed by atoms with Gasteiger partial charge in [-0.15, -0.1) is 11.8 Å². The molecular formula is C26H31N3O3S. The van der Waals surface area contributed by atoms with Gasteiger partial charge in [-0.2, -0.15) is 0 Å². The number of amides is 3. The maximum Gasteiger partial charge on any atom is 0.250 e. The number of anilines is 2. The number of fused-ring (bicyclic) bond motifs is 1. The summed E-state index contributed by atoms with van der Waals surface area (Å²) in [7, 11) is 0. The molecule has 0 saturated carbocycles. The molecule has 0 bridgehead atoms. The predicted octanol–water partition coefficient (Wildman–Crippen LogP) is 4.66. The van der Waals surface area contributed by atoms with Crippen LogP contribution < -0.4 is 10.2 Å². The third-order valence-electron chi connectivity index (χ3n) is 6.20. The Morgan fingerprint density at radius 1 is 1.00 bits per heavy atom. The number of nitrogens with zero attached hydrogens (tertiary/aromatic N) is 2. The smallest absolute Gasteiger partial charge is 0.250 e. The number of carbonyl (C=O) groups excluding carboxylic acids is 3. The van der Waals surface area contributed by atoms with Crippen molar-refractivity contribution in [2.45, 2.75) is 55.6 Å². The number of benzene rings is 2. The molecule has 0 radical (unpaired) electrons. The first-order valence-corrected chi connectivity index (χ1v) is 12.6. The summed E-state index contributed by atoms with van der Waals surface area (Å²) in [6.07, 6.45) is 4.16. The molecule has 2 aromatic rings. The molecular weight excluding hydrogens is 434 g/mol. The Bertz CT molecular complexity index is 1010. The van der Waals surface area contributed by atoms with Crippen LogP contribution in [0.3, 0.4) is 0 Å². The van der Waals surface area contributed by atoms with Gasteiger partial charge in [-0.05, 0) is 48.6 Å². The standard InChI is InChI=1S/C26H31N3O3S/c1-18(2)19-11-13-20(14-12-19)27-23(30)17-29-21-9-5-6-10-22(21)33-24(26(29)32)25(31)28-15-7-3-4-8-16-28/h5-6,9-14,18,24H,3-4,7-8,15-17H2,1-2H3,(H,27,30). The number of carbonyl (C=O) groups is 3. The van der Waals surface area contributed by atoms with Crippen LogP contribution in [0.15, 0.2) is 53.4 Å². The zero-order valence-corrected chi connectivity index (χ0v) is 20.1. The molecule has 0 aliphatic carbocycles. The molecule has 4 rings (SSSR count). The summed E-state index contributed by atoms with van der Waals surface area (Å²) in [6, 6.07) is 15.2. The molecule has 1 saturated heterocycles. The molecule has 6 nitrogen and oxygen atoms in total. The van der Waals surface area contributed by atoms with Gasteiger partial charge in [0.2, 0.25) is 11.8 Å². The summed E-state index contributed by atoms with van der Waals surface area (Å²) < 4.78 is 0. The van der Waals surface area contributed by atoms with Crippen molar-refractivity contribution in [3.05, 3.63) is 54.1 Å². The van der Waals surface area contributed by atoms with Gasteiger partial charge >= 0.3 is 0 Å². The van der Waals surface area contributed by atoms with Gasteiger partial charge in [0.1, 0.15) is 6.54 Å². The third kappa shape index (κ3) is 5.41. The fourth-order valence-corrected chi connectivity index (χ4v) is 5.48. The lowest BCUT2D eigenvalue weighted by molar-refractivity contribution is -0.135. The monoisotopic (exact) mass is 465 g/mol. The van der Waals surface area contributed by atoms with Crippen LogP contribution in [0.4, 0.5) is 11.4 Å². The van der Waals surface area contributed by atoms with Gasteiger partial charge in [0.15, 0.2) is 5.25 Å². The first kappa shape index (κ1) is 23.4. The molecule has 0 aromatic heterocycles. The van der Waals surface area contributed by atoms with Crippen molar-refractivity contribution >= 4 is 40.9 Å². The zero-order valence-electron chi connectivity index (χ0n) is 19.3. The lowest BCUT2D eigenvalue weighted by atomic mass is 10.0. The van der Waals surface area contributed by atoms with E-state index < -0.39 is 5.25 Å². The van der Waals surface area contributed by atoms with Crippen molar-refractivity contribution in [1.29, 1.82) is 0 Å². The molecule has 3 amide bonds. The lowest BCUT2D eigenvalue weighted by Gasteiger charge is -2.34. The molecule has 1 fully saturated rings. The van der Waals surface area contributed by atoms with E-state index in [1.165, 1.54) is 22.2 Å². The van der Waals surface area contributed by atoms with E-state index >= 15 is 0 Å². The van der Waals surface area contributed by atoms with Crippen LogP contribution in [-0.2, 0) is 14.4 Å². The van der Waals surface area contributed by atoms with Gasteiger partial charge in [0.05, 0.1) is 5.69 Å². The molecule has 33 heavy (non-hydrogen) atoms. The third-order valence-corrected chi connectivity index (χ3v) is 7.43.